The molecule has 3 nitrogen and oxygen atoms in total. The number of amides is 1. The smallest absolute Gasteiger partial charge is 0.241 e. The number of benzene rings is 1. The first-order valence-electron chi connectivity index (χ1n) is 4.56. The van der Waals surface area contributed by atoms with E-state index in [0.717, 1.165) is 12.1 Å². The highest BCUT2D eigenvalue weighted by Gasteiger charge is 2.33. The van der Waals surface area contributed by atoms with Gasteiger partial charge in [0, 0.05) is 13.1 Å². The highest BCUT2D eigenvalue weighted by molar-refractivity contribution is 5.87. The van der Waals surface area contributed by atoms with Gasteiger partial charge in [-0.1, -0.05) is 6.07 Å². The molecule has 1 aromatic carbocycles. The Bertz CT molecular complexity index is 408. The summed E-state index contributed by atoms with van der Waals surface area (Å²) in [5.74, 6) is -1.94. The first-order chi connectivity index (χ1) is 7.08. The predicted molar refractivity (Wildman–Crippen MR) is 49.8 cm³/mol. The van der Waals surface area contributed by atoms with Crippen LogP contribution in [0.4, 0.5) is 8.78 Å². The summed E-state index contributed by atoms with van der Waals surface area (Å²) in [7, 11) is 0. The van der Waals surface area contributed by atoms with E-state index in [4.69, 9.17) is 5.73 Å². The molecule has 0 bridgehead atoms. The second kappa shape index (κ2) is 3.58. The Morgan fingerprint density at radius 1 is 1.40 bits per heavy atom. The molecule has 0 aliphatic carbocycles. The van der Waals surface area contributed by atoms with E-state index in [9.17, 15) is 13.6 Å². The fourth-order valence-corrected chi connectivity index (χ4v) is 1.53. The molecule has 15 heavy (non-hydrogen) atoms. The highest BCUT2D eigenvalue weighted by Crippen LogP contribution is 2.15. The van der Waals surface area contributed by atoms with Crippen LogP contribution in [0.1, 0.15) is 5.56 Å². The molecule has 80 valence electrons. The Morgan fingerprint density at radius 2 is 2.13 bits per heavy atom. The van der Waals surface area contributed by atoms with E-state index in [-0.39, 0.29) is 12.5 Å². The van der Waals surface area contributed by atoms with Gasteiger partial charge in [0.25, 0.3) is 0 Å². The molecule has 1 atom stereocenters. The lowest BCUT2D eigenvalue weighted by Crippen LogP contribution is -2.60. The van der Waals surface area contributed by atoms with Crippen LogP contribution in [-0.2, 0) is 11.3 Å². The summed E-state index contributed by atoms with van der Waals surface area (Å²) in [6, 6.07) is 3.16. The van der Waals surface area contributed by atoms with Crippen LogP contribution in [0.15, 0.2) is 18.2 Å². The summed E-state index contributed by atoms with van der Waals surface area (Å²) in [6.07, 6.45) is 0. The van der Waals surface area contributed by atoms with E-state index in [0.29, 0.717) is 12.1 Å². The summed E-state index contributed by atoms with van der Waals surface area (Å²) in [5, 5.41) is 0. The molecule has 0 spiro atoms. The predicted octanol–water partition coefficient (Wildman–Crippen LogP) is 0.634. The molecule has 0 saturated carbocycles. The molecule has 5 heteroatoms. The van der Waals surface area contributed by atoms with Crippen molar-refractivity contribution < 1.29 is 13.6 Å². The fraction of sp³-hybridized carbons (Fsp3) is 0.300. The average Bonchev–Trinajstić information content (AvgIpc) is 2.22. The van der Waals surface area contributed by atoms with Gasteiger partial charge in [0.05, 0.1) is 0 Å². The maximum absolute atomic E-state index is 12.8. The van der Waals surface area contributed by atoms with E-state index in [2.05, 4.69) is 0 Å². The second-order valence-electron chi connectivity index (χ2n) is 3.57. The van der Waals surface area contributed by atoms with E-state index >= 15 is 0 Å². The van der Waals surface area contributed by atoms with Gasteiger partial charge in [0.2, 0.25) is 5.91 Å². The van der Waals surface area contributed by atoms with Gasteiger partial charge in [-0.3, -0.25) is 4.79 Å². The van der Waals surface area contributed by atoms with E-state index in [1.54, 1.807) is 0 Å². The number of hydrogen-bond acceptors (Lipinski definition) is 2. The van der Waals surface area contributed by atoms with Crippen LogP contribution in [0.25, 0.3) is 0 Å². The van der Waals surface area contributed by atoms with Crippen LogP contribution >= 0.6 is 0 Å². The van der Waals surface area contributed by atoms with Gasteiger partial charge in [-0.05, 0) is 17.7 Å². The van der Waals surface area contributed by atoms with Crippen molar-refractivity contribution in [2.45, 2.75) is 12.6 Å². The topological polar surface area (TPSA) is 46.3 Å². The Balaban J connectivity index is 2.06. The first-order valence-corrected chi connectivity index (χ1v) is 4.56. The molecule has 1 unspecified atom stereocenters. The number of hydrogen-bond donors (Lipinski definition) is 1. The quantitative estimate of drug-likeness (QED) is 0.731. The van der Waals surface area contributed by atoms with Crippen LogP contribution in [0, 0.1) is 11.6 Å². The zero-order valence-electron chi connectivity index (χ0n) is 7.91. The average molecular weight is 212 g/mol. The number of nitrogens with two attached hydrogens (primary N) is 1. The summed E-state index contributed by atoms with van der Waals surface area (Å²) < 4.78 is 25.4. The molecular formula is C10H10F2N2O. The molecule has 0 aromatic heterocycles. The zero-order valence-corrected chi connectivity index (χ0v) is 7.91. The summed E-state index contributed by atoms with van der Waals surface area (Å²) >= 11 is 0. The standard InChI is InChI=1S/C10H10F2N2O/c11-7-2-1-6(3-8(7)12)4-14-5-9(13)10(14)15/h1-3,9H,4-5,13H2. The van der Waals surface area contributed by atoms with Crippen molar-refractivity contribution in [3.8, 4) is 0 Å². The second-order valence-corrected chi connectivity index (χ2v) is 3.57. The summed E-state index contributed by atoms with van der Waals surface area (Å²) in [5.41, 5.74) is 5.96. The molecule has 1 amide bonds. The van der Waals surface area contributed by atoms with Gasteiger partial charge < -0.3 is 10.6 Å². The lowest BCUT2D eigenvalue weighted by Gasteiger charge is -2.36. The third-order valence-corrected chi connectivity index (χ3v) is 2.40. The third kappa shape index (κ3) is 1.83. The van der Waals surface area contributed by atoms with E-state index in [1.807, 2.05) is 0 Å². The minimum atomic E-state index is -0.898. The molecule has 1 fully saturated rings. The maximum atomic E-state index is 12.8. The Hall–Kier alpha value is -1.49. The van der Waals surface area contributed by atoms with Gasteiger partial charge in [-0.15, -0.1) is 0 Å². The van der Waals surface area contributed by atoms with E-state index in [1.165, 1.54) is 11.0 Å². The molecular weight excluding hydrogens is 202 g/mol. The van der Waals surface area contributed by atoms with Gasteiger partial charge in [0.1, 0.15) is 6.04 Å². The largest absolute Gasteiger partial charge is 0.335 e. The van der Waals surface area contributed by atoms with E-state index < -0.39 is 17.7 Å². The molecule has 1 saturated heterocycles. The third-order valence-electron chi connectivity index (χ3n) is 2.40. The number of halogens is 2. The lowest BCUT2D eigenvalue weighted by atomic mass is 10.1. The summed E-state index contributed by atoms with van der Waals surface area (Å²) in [4.78, 5) is 12.6. The normalized spacial score (nSPS) is 20.3. The van der Waals surface area contributed by atoms with Crippen LogP contribution < -0.4 is 5.73 Å². The molecule has 1 aliphatic rings. The Labute approximate surface area is 85.5 Å². The van der Waals surface area contributed by atoms with Crippen LogP contribution in [0.5, 0.6) is 0 Å². The molecule has 0 radical (unpaired) electrons. The zero-order chi connectivity index (χ0) is 11.0. The molecule has 1 aromatic rings. The first kappa shape index (κ1) is 10.0. The van der Waals surface area contributed by atoms with Crippen molar-refractivity contribution in [1.82, 2.24) is 4.90 Å². The van der Waals surface area contributed by atoms with Crippen LogP contribution in [0.3, 0.4) is 0 Å². The number of rotatable bonds is 2. The van der Waals surface area contributed by atoms with Gasteiger partial charge in [-0.25, -0.2) is 8.78 Å². The van der Waals surface area contributed by atoms with Crippen molar-refractivity contribution in [2.24, 2.45) is 5.73 Å². The van der Waals surface area contributed by atoms with Gasteiger partial charge in [-0.2, -0.15) is 0 Å². The Morgan fingerprint density at radius 3 is 2.67 bits per heavy atom. The fourth-order valence-electron chi connectivity index (χ4n) is 1.53. The number of carbonyl (C=O) groups is 1. The monoisotopic (exact) mass is 212 g/mol. The minimum absolute atomic E-state index is 0.153. The van der Waals surface area contributed by atoms with Gasteiger partial charge >= 0.3 is 0 Å². The Kier molecular flexibility index (Phi) is 2.40. The van der Waals surface area contributed by atoms with Crippen molar-refractivity contribution in [3.63, 3.8) is 0 Å². The van der Waals surface area contributed by atoms with Crippen LogP contribution in [-0.4, -0.2) is 23.4 Å². The molecule has 2 rings (SSSR count). The van der Waals surface area contributed by atoms with Gasteiger partial charge in [0.15, 0.2) is 11.6 Å². The van der Waals surface area contributed by atoms with Crippen molar-refractivity contribution in [3.05, 3.63) is 35.4 Å². The number of likely N-dealkylation sites (tertiary alicyclic amines) is 1. The number of nitrogens with zero attached hydrogens (tertiary/aromatic N) is 1. The molecule has 1 heterocycles. The number of carbonyl (C=O) groups excluding carboxylic acids is 1. The van der Waals surface area contributed by atoms with Crippen molar-refractivity contribution >= 4 is 5.91 Å². The lowest BCUT2D eigenvalue weighted by molar-refractivity contribution is -0.143. The van der Waals surface area contributed by atoms with Crippen molar-refractivity contribution in [1.29, 1.82) is 0 Å². The maximum Gasteiger partial charge on any atom is 0.241 e. The summed E-state index contributed by atoms with van der Waals surface area (Å²) in [6.45, 7) is 0.752. The molecule has 1 aliphatic heterocycles. The SMILES string of the molecule is NC1CN(Cc2ccc(F)c(F)c2)C1=O. The minimum Gasteiger partial charge on any atom is -0.335 e. The number of β-lactam (4-membered cyclic amide) rings is 1. The molecule has 2 N–H and O–H groups in total. The van der Waals surface area contributed by atoms with Crippen LogP contribution in [0.2, 0.25) is 0 Å². The highest BCUT2D eigenvalue weighted by atomic mass is 19.2. The van der Waals surface area contributed by atoms with Crippen molar-refractivity contribution in [2.75, 3.05) is 6.54 Å².